The van der Waals surface area contributed by atoms with Crippen molar-refractivity contribution >= 4 is 17.5 Å². The molecule has 0 unspecified atom stereocenters. The standard InChI is InChI=1S/C15H8O6.Os/c16-9-3-1-2-7-11(9)14(19)12-8(13(7)18)4-6(15(20)21)5-10(12)17;/h1-5,16-17H,(H,20,21);. The van der Waals surface area contributed by atoms with Gasteiger partial charge >= 0.3 is 5.97 Å². The maximum Gasteiger partial charge on any atom is 0.335 e. The molecule has 0 spiro atoms. The monoisotopic (exact) mass is 476 g/mol. The van der Waals surface area contributed by atoms with Crippen molar-refractivity contribution in [3.05, 3.63) is 58.1 Å². The average Bonchev–Trinajstić information content (AvgIpc) is 2.43. The zero-order chi connectivity index (χ0) is 15.3. The summed E-state index contributed by atoms with van der Waals surface area (Å²) in [5, 5.41) is 28.6. The summed E-state index contributed by atoms with van der Waals surface area (Å²) < 4.78 is 0. The molecule has 0 saturated heterocycles. The molecule has 0 aliphatic heterocycles. The van der Waals surface area contributed by atoms with Crippen LogP contribution >= 0.6 is 0 Å². The summed E-state index contributed by atoms with van der Waals surface area (Å²) in [6, 6.07) is 5.98. The van der Waals surface area contributed by atoms with Crippen LogP contribution in [-0.2, 0) is 19.8 Å². The molecule has 22 heavy (non-hydrogen) atoms. The van der Waals surface area contributed by atoms with Crippen molar-refractivity contribution in [2.75, 3.05) is 0 Å². The normalized spacial score (nSPS) is 12.2. The van der Waals surface area contributed by atoms with Gasteiger partial charge in [-0.05, 0) is 18.2 Å². The topological polar surface area (TPSA) is 112 Å². The molecule has 1 aliphatic carbocycles. The number of hydrogen-bond donors (Lipinski definition) is 3. The number of fused-ring (bicyclic) bond motifs is 2. The van der Waals surface area contributed by atoms with Gasteiger partial charge in [-0.15, -0.1) is 0 Å². The van der Waals surface area contributed by atoms with Crippen LogP contribution in [0.15, 0.2) is 30.3 Å². The molecule has 0 fully saturated rings. The molecule has 0 radical (unpaired) electrons. The summed E-state index contributed by atoms with van der Waals surface area (Å²) in [4.78, 5) is 35.7. The third-order valence-corrected chi connectivity index (χ3v) is 3.35. The van der Waals surface area contributed by atoms with E-state index >= 15 is 0 Å². The molecule has 112 valence electrons. The van der Waals surface area contributed by atoms with Crippen molar-refractivity contribution in [3.8, 4) is 11.5 Å². The van der Waals surface area contributed by atoms with Gasteiger partial charge in [0.15, 0.2) is 5.78 Å². The predicted octanol–water partition coefficient (Wildman–Crippen LogP) is 1.57. The molecule has 0 heterocycles. The molecule has 2 aromatic carbocycles. The number of carbonyl (C=O) groups excluding carboxylic acids is 2. The van der Waals surface area contributed by atoms with Gasteiger partial charge in [-0.1, -0.05) is 12.1 Å². The average molecular weight is 474 g/mol. The van der Waals surface area contributed by atoms with E-state index < -0.39 is 23.3 Å². The smallest absolute Gasteiger partial charge is 0.335 e. The Morgan fingerprint density at radius 1 is 0.864 bits per heavy atom. The summed E-state index contributed by atoms with van der Waals surface area (Å²) in [7, 11) is 0. The molecule has 0 saturated carbocycles. The van der Waals surface area contributed by atoms with Crippen LogP contribution < -0.4 is 0 Å². The molecule has 6 nitrogen and oxygen atoms in total. The van der Waals surface area contributed by atoms with E-state index in [1.54, 1.807) is 0 Å². The first-order chi connectivity index (χ1) is 9.91. The Morgan fingerprint density at radius 2 is 1.50 bits per heavy atom. The maximum atomic E-state index is 12.4. The summed E-state index contributed by atoms with van der Waals surface area (Å²) in [6.07, 6.45) is 0. The Bertz CT molecular complexity index is 840. The number of carbonyl (C=O) groups is 3. The fourth-order valence-corrected chi connectivity index (χ4v) is 2.41. The van der Waals surface area contributed by atoms with Crippen molar-refractivity contribution in [1.82, 2.24) is 0 Å². The fourth-order valence-electron chi connectivity index (χ4n) is 2.41. The van der Waals surface area contributed by atoms with Crippen LogP contribution in [0.4, 0.5) is 0 Å². The van der Waals surface area contributed by atoms with Gasteiger partial charge in [-0.3, -0.25) is 9.59 Å². The van der Waals surface area contributed by atoms with Crippen molar-refractivity contribution < 1.29 is 49.5 Å². The third kappa shape index (κ3) is 2.11. The Labute approximate surface area is 137 Å². The van der Waals surface area contributed by atoms with E-state index in [0.29, 0.717) is 0 Å². The van der Waals surface area contributed by atoms with Gasteiger partial charge in [-0.25, -0.2) is 4.79 Å². The van der Waals surface area contributed by atoms with E-state index in [1.165, 1.54) is 18.2 Å². The van der Waals surface area contributed by atoms with Crippen molar-refractivity contribution in [3.63, 3.8) is 0 Å². The number of carboxylic acid groups (broad SMARTS) is 1. The number of benzene rings is 2. The van der Waals surface area contributed by atoms with Crippen LogP contribution in [-0.4, -0.2) is 32.9 Å². The van der Waals surface area contributed by atoms with Gasteiger partial charge in [0.25, 0.3) is 0 Å². The largest absolute Gasteiger partial charge is 0.507 e. The number of phenols is 2. The SMILES string of the molecule is O=C(O)c1cc(O)c2c(c1)C(=O)c1cccc(O)c1C2=O.[Os]. The van der Waals surface area contributed by atoms with Crippen LogP contribution in [0.2, 0.25) is 0 Å². The second-order valence-corrected chi connectivity index (χ2v) is 4.58. The van der Waals surface area contributed by atoms with Crippen LogP contribution in [0.25, 0.3) is 0 Å². The van der Waals surface area contributed by atoms with E-state index in [-0.39, 0.29) is 53.4 Å². The third-order valence-electron chi connectivity index (χ3n) is 3.35. The van der Waals surface area contributed by atoms with Gasteiger partial charge in [0.1, 0.15) is 11.5 Å². The molecule has 1 aliphatic rings. The summed E-state index contributed by atoms with van der Waals surface area (Å²) in [5.41, 5.74) is -0.978. The minimum atomic E-state index is -1.32. The maximum absolute atomic E-state index is 12.4. The number of phenolic OH excluding ortho intramolecular Hbond substituents is 2. The molecule has 7 heteroatoms. The Balaban J connectivity index is 0.00000176. The second kappa shape index (κ2) is 5.36. The van der Waals surface area contributed by atoms with Gasteiger partial charge in [0.2, 0.25) is 5.78 Å². The molecule has 3 N–H and O–H groups in total. The Kier molecular flexibility index (Phi) is 3.86. The Hall–Kier alpha value is -2.51. The molecular weight excluding hydrogens is 466 g/mol. The predicted molar refractivity (Wildman–Crippen MR) is 70.0 cm³/mol. The summed E-state index contributed by atoms with van der Waals surface area (Å²) in [5.74, 6) is -3.62. The first-order valence-electron chi connectivity index (χ1n) is 5.93. The van der Waals surface area contributed by atoms with E-state index in [0.717, 1.165) is 12.1 Å². The minimum Gasteiger partial charge on any atom is -0.507 e. The number of rotatable bonds is 1. The summed E-state index contributed by atoms with van der Waals surface area (Å²) in [6.45, 7) is 0. The molecule has 0 atom stereocenters. The van der Waals surface area contributed by atoms with Gasteiger partial charge in [-0.2, -0.15) is 0 Å². The van der Waals surface area contributed by atoms with E-state index in [2.05, 4.69) is 0 Å². The van der Waals surface area contributed by atoms with Gasteiger partial charge < -0.3 is 15.3 Å². The van der Waals surface area contributed by atoms with Crippen molar-refractivity contribution in [2.24, 2.45) is 0 Å². The van der Waals surface area contributed by atoms with E-state index in [1.807, 2.05) is 0 Å². The molecule has 3 rings (SSSR count). The zero-order valence-electron chi connectivity index (χ0n) is 10.8. The molecule has 0 amide bonds. The second-order valence-electron chi connectivity index (χ2n) is 4.58. The quantitative estimate of drug-likeness (QED) is 0.494. The van der Waals surface area contributed by atoms with Crippen LogP contribution in [0.5, 0.6) is 11.5 Å². The molecular formula is C15H8O6Os. The fraction of sp³-hybridized carbons (Fsp3) is 0. The van der Waals surface area contributed by atoms with Crippen molar-refractivity contribution in [2.45, 2.75) is 0 Å². The molecule has 0 aromatic heterocycles. The van der Waals surface area contributed by atoms with Crippen LogP contribution in [0.3, 0.4) is 0 Å². The first kappa shape index (κ1) is 15.9. The number of aromatic hydroxyl groups is 2. The zero-order valence-corrected chi connectivity index (χ0v) is 13.3. The van der Waals surface area contributed by atoms with Crippen LogP contribution in [0, 0.1) is 0 Å². The first-order valence-corrected chi connectivity index (χ1v) is 5.93. The number of ketones is 2. The Morgan fingerprint density at radius 3 is 2.14 bits per heavy atom. The van der Waals surface area contributed by atoms with Crippen LogP contribution in [0.1, 0.15) is 42.2 Å². The number of aromatic carboxylic acids is 1. The van der Waals surface area contributed by atoms with Crippen molar-refractivity contribution in [1.29, 1.82) is 0 Å². The summed E-state index contributed by atoms with van der Waals surface area (Å²) >= 11 is 0. The minimum absolute atomic E-state index is 0. The van der Waals surface area contributed by atoms with Gasteiger partial charge in [0.05, 0.1) is 16.7 Å². The van der Waals surface area contributed by atoms with Gasteiger partial charge in [0, 0.05) is 30.9 Å². The number of hydrogen-bond acceptors (Lipinski definition) is 5. The van der Waals surface area contributed by atoms with E-state index in [9.17, 15) is 24.6 Å². The molecule has 0 bridgehead atoms. The van der Waals surface area contributed by atoms with E-state index in [4.69, 9.17) is 5.11 Å². The molecule has 2 aromatic rings. The number of carboxylic acids is 1.